The molecular weight excluding hydrogens is 584 g/mol. The maximum Gasteiger partial charge on any atom is 0.407 e. The highest BCUT2D eigenvalue weighted by Crippen LogP contribution is 2.37. The molecule has 1 aromatic heterocycles. The van der Waals surface area contributed by atoms with Gasteiger partial charge in [0.05, 0.1) is 25.8 Å². The Morgan fingerprint density at radius 3 is 2.39 bits per heavy atom. The standard InChI is InChI=1S/C35H44N6O5/c1-22(2)41-20-28-30(32(41)42)38-33(40-17-19-45-29(21-40)25-6-7-25)39-31(28)37-26-12-8-23(9-13-26)24-10-14-27(15-11-24)44-18-16-36-34(43)46-35(3,4)5/h8-15,22,25,29H,6-7,16-21H2,1-5H3,(H,36,43)(H,37,38,39). The van der Waals surface area contributed by atoms with Crippen LogP contribution in [0.5, 0.6) is 5.75 Å². The van der Waals surface area contributed by atoms with E-state index >= 15 is 0 Å². The number of amides is 2. The van der Waals surface area contributed by atoms with Gasteiger partial charge < -0.3 is 34.6 Å². The minimum absolute atomic E-state index is 0.0502. The van der Waals surface area contributed by atoms with Crippen LogP contribution in [-0.2, 0) is 16.0 Å². The molecule has 6 rings (SSSR count). The first-order valence-corrected chi connectivity index (χ1v) is 16.2. The highest BCUT2D eigenvalue weighted by molar-refractivity contribution is 5.98. The summed E-state index contributed by atoms with van der Waals surface area (Å²) in [6.07, 6.45) is 2.15. The smallest absolute Gasteiger partial charge is 0.407 e. The Balaban J connectivity index is 1.12. The average Bonchev–Trinajstić information content (AvgIpc) is 3.82. The number of benzene rings is 2. The van der Waals surface area contributed by atoms with Crippen LogP contribution in [0.15, 0.2) is 48.5 Å². The summed E-state index contributed by atoms with van der Waals surface area (Å²) in [6.45, 7) is 12.8. The van der Waals surface area contributed by atoms with Crippen LogP contribution in [-0.4, -0.2) is 77.5 Å². The van der Waals surface area contributed by atoms with E-state index < -0.39 is 11.7 Å². The van der Waals surface area contributed by atoms with Gasteiger partial charge in [-0.15, -0.1) is 0 Å². The molecule has 2 aromatic carbocycles. The van der Waals surface area contributed by atoms with Gasteiger partial charge in [0.25, 0.3) is 5.91 Å². The van der Waals surface area contributed by atoms with Gasteiger partial charge in [-0.3, -0.25) is 4.79 Å². The Bertz CT molecular complexity index is 1550. The summed E-state index contributed by atoms with van der Waals surface area (Å²) in [7, 11) is 0. The van der Waals surface area contributed by atoms with Gasteiger partial charge in [0.2, 0.25) is 5.95 Å². The number of anilines is 3. The summed E-state index contributed by atoms with van der Waals surface area (Å²) in [4.78, 5) is 38.9. The molecule has 11 nitrogen and oxygen atoms in total. The van der Waals surface area contributed by atoms with Crippen molar-refractivity contribution in [1.82, 2.24) is 20.2 Å². The minimum atomic E-state index is -0.535. The van der Waals surface area contributed by atoms with E-state index in [-0.39, 0.29) is 18.1 Å². The Morgan fingerprint density at radius 2 is 1.74 bits per heavy atom. The van der Waals surface area contributed by atoms with E-state index in [9.17, 15) is 9.59 Å². The molecule has 0 spiro atoms. The number of nitrogens with one attached hydrogen (secondary N) is 2. The molecule has 244 valence electrons. The first kappa shape index (κ1) is 31.6. The second-order valence-electron chi connectivity index (χ2n) is 13.4. The summed E-state index contributed by atoms with van der Waals surface area (Å²) in [6, 6.07) is 16.0. The molecule has 46 heavy (non-hydrogen) atoms. The van der Waals surface area contributed by atoms with Crippen LogP contribution >= 0.6 is 0 Å². The van der Waals surface area contributed by atoms with Crippen LogP contribution in [0.4, 0.5) is 22.2 Å². The van der Waals surface area contributed by atoms with Gasteiger partial charge in [0.1, 0.15) is 29.5 Å². The van der Waals surface area contributed by atoms with Crippen molar-refractivity contribution in [3.8, 4) is 16.9 Å². The highest BCUT2D eigenvalue weighted by atomic mass is 16.6. The number of hydrogen-bond donors (Lipinski definition) is 2. The van der Waals surface area contributed by atoms with Gasteiger partial charge in [-0.05, 0) is 88.8 Å². The third-order valence-electron chi connectivity index (χ3n) is 8.31. The summed E-state index contributed by atoms with van der Waals surface area (Å²) < 4.78 is 17.0. The van der Waals surface area contributed by atoms with Gasteiger partial charge in [-0.25, -0.2) is 9.78 Å². The van der Waals surface area contributed by atoms with Crippen molar-refractivity contribution in [2.45, 2.75) is 71.8 Å². The molecule has 11 heteroatoms. The minimum Gasteiger partial charge on any atom is -0.492 e. The van der Waals surface area contributed by atoms with Gasteiger partial charge in [0, 0.05) is 30.4 Å². The number of hydrogen-bond acceptors (Lipinski definition) is 9. The topological polar surface area (TPSA) is 118 Å². The number of ether oxygens (including phenoxy) is 3. The lowest BCUT2D eigenvalue weighted by atomic mass is 10.1. The van der Waals surface area contributed by atoms with Crippen LogP contribution in [0.1, 0.15) is 63.5 Å². The predicted octanol–water partition coefficient (Wildman–Crippen LogP) is 5.77. The highest BCUT2D eigenvalue weighted by Gasteiger charge is 2.38. The number of carbonyl (C=O) groups is 2. The van der Waals surface area contributed by atoms with Crippen LogP contribution in [0.25, 0.3) is 11.1 Å². The molecule has 1 aliphatic carbocycles. The molecular formula is C35H44N6O5. The van der Waals surface area contributed by atoms with E-state index in [4.69, 9.17) is 24.2 Å². The zero-order chi connectivity index (χ0) is 32.4. The molecule has 2 amide bonds. The molecule has 1 saturated heterocycles. The maximum absolute atomic E-state index is 13.4. The number of nitrogens with zero attached hydrogens (tertiary/aromatic N) is 4. The fourth-order valence-corrected chi connectivity index (χ4v) is 5.71. The monoisotopic (exact) mass is 628 g/mol. The fraction of sp³-hybridized carbons (Fsp3) is 0.486. The van der Waals surface area contributed by atoms with Crippen molar-refractivity contribution in [2.75, 3.05) is 43.1 Å². The SMILES string of the molecule is CC(C)N1Cc2c(Nc3ccc(-c4ccc(OCCNC(=O)OC(C)(C)C)cc4)cc3)nc(N3CCOC(C4CC4)C3)nc2C1=O. The molecule has 2 N–H and O–H groups in total. The maximum atomic E-state index is 13.4. The largest absolute Gasteiger partial charge is 0.492 e. The average molecular weight is 629 g/mol. The van der Waals surface area contributed by atoms with Crippen molar-refractivity contribution in [3.63, 3.8) is 0 Å². The lowest BCUT2D eigenvalue weighted by molar-refractivity contribution is 0.0258. The molecule has 2 fully saturated rings. The van der Waals surface area contributed by atoms with E-state index in [1.165, 1.54) is 12.8 Å². The molecule has 3 aromatic rings. The molecule has 0 bridgehead atoms. The quantitative estimate of drug-likeness (QED) is 0.270. The number of carbonyl (C=O) groups excluding carboxylic acids is 2. The predicted molar refractivity (Wildman–Crippen MR) is 177 cm³/mol. The van der Waals surface area contributed by atoms with Gasteiger partial charge in [0.15, 0.2) is 0 Å². The third kappa shape index (κ3) is 7.52. The van der Waals surface area contributed by atoms with Crippen molar-refractivity contribution in [1.29, 1.82) is 0 Å². The molecule has 1 atom stereocenters. The van der Waals surface area contributed by atoms with E-state index in [0.717, 1.165) is 34.7 Å². The fourth-order valence-electron chi connectivity index (χ4n) is 5.71. The summed E-state index contributed by atoms with van der Waals surface area (Å²) in [5.41, 5.74) is 3.75. The lowest BCUT2D eigenvalue weighted by Crippen LogP contribution is -2.44. The van der Waals surface area contributed by atoms with Crippen LogP contribution in [0.3, 0.4) is 0 Å². The number of aromatic nitrogens is 2. The van der Waals surface area contributed by atoms with Crippen molar-refractivity contribution in [2.24, 2.45) is 5.92 Å². The molecule has 3 aliphatic rings. The molecule has 3 heterocycles. The van der Waals surface area contributed by atoms with E-state index in [2.05, 4.69) is 27.7 Å². The molecule has 0 radical (unpaired) electrons. The van der Waals surface area contributed by atoms with Crippen molar-refractivity contribution < 1.29 is 23.8 Å². The van der Waals surface area contributed by atoms with Gasteiger partial charge >= 0.3 is 6.09 Å². The Labute approximate surface area is 270 Å². The van der Waals surface area contributed by atoms with E-state index in [0.29, 0.717) is 56.2 Å². The summed E-state index contributed by atoms with van der Waals surface area (Å²) in [5, 5.41) is 6.19. The second-order valence-corrected chi connectivity index (χ2v) is 13.4. The normalized spacial score (nSPS) is 18.0. The summed E-state index contributed by atoms with van der Waals surface area (Å²) >= 11 is 0. The van der Waals surface area contributed by atoms with Gasteiger partial charge in [-0.1, -0.05) is 24.3 Å². The second kappa shape index (κ2) is 13.2. The Kier molecular flexibility index (Phi) is 9.04. The Morgan fingerprint density at radius 1 is 1.04 bits per heavy atom. The van der Waals surface area contributed by atoms with Crippen molar-refractivity contribution >= 4 is 29.5 Å². The molecule has 2 aliphatic heterocycles. The number of alkyl carbamates (subject to hydrolysis) is 1. The zero-order valence-corrected chi connectivity index (χ0v) is 27.3. The number of rotatable bonds is 10. The first-order valence-electron chi connectivity index (χ1n) is 16.2. The van der Waals surface area contributed by atoms with Crippen LogP contribution < -0.4 is 20.3 Å². The Hall–Kier alpha value is -4.38. The number of morpholine rings is 1. The molecule has 1 unspecified atom stereocenters. The third-order valence-corrected chi connectivity index (χ3v) is 8.31. The van der Waals surface area contributed by atoms with Gasteiger partial charge in [-0.2, -0.15) is 4.98 Å². The molecule has 1 saturated carbocycles. The zero-order valence-electron chi connectivity index (χ0n) is 27.3. The number of fused-ring (bicyclic) bond motifs is 1. The van der Waals surface area contributed by atoms with E-state index in [1.54, 1.807) is 0 Å². The summed E-state index contributed by atoms with van der Waals surface area (Å²) in [5.74, 6) is 2.53. The lowest BCUT2D eigenvalue weighted by Gasteiger charge is -2.33. The van der Waals surface area contributed by atoms with Crippen LogP contribution in [0.2, 0.25) is 0 Å². The van der Waals surface area contributed by atoms with E-state index in [1.807, 2.05) is 75.9 Å². The van der Waals surface area contributed by atoms with Crippen LogP contribution in [0, 0.1) is 5.92 Å². The van der Waals surface area contributed by atoms with Crippen molar-refractivity contribution in [3.05, 3.63) is 59.8 Å². The first-order chi connectivity index (χ1) is 22.0.